The topological polar surface area (TPSA) is 114 Å². The number of hydrogen-bond acceptors (Lipinski definition) is 7. The van der Waals surface area contributed by atoms with Gasteiger partial charge in [-0.15, -0.1) is 0 Å². The summed E-state index contributed by atoms with van der Waals surface area (Å²) in [6, 6.07) is 6.83. The molecule has 1 saturated carbocycles. The van der Waals surface area contributed by atoms with Crippen molar-refractivity contribution in [1.29, 1.82) is 0 Å². The molecule has 0 unspecified atom stereocenters. The second-order valence-electron chi connectivity index (χ2n) is 9.94. The van der Waals surface area contributed by atoms with E-state index in [1.54, 1.807) is 0 Å². The first kappa shape index (κ1) is 29.0. The molecule has 1 N–H and O–H groups in total. The third kappa shape index (κ3) is 6.21. The lowest BCUT2D eigenvalue weighted by Gasteiger charge is -2.36. The van der Waals surface area contributed by atoms with Gasteiger partial charge in [0.05, 0.1) is 33.6 Å². The maximum atomic E-state index is 13.9. The molecule has 2 aliphatic rings. The van der Waals surface area contributed by atoms with Gasteiger partial charge in [-0.2, -0.15) is 14.1 Å². The Bertz CT molecular complexity index is 1620. The number of rotatable bonds is 7. The predicted molar refractivity (Wildman–Crippen MR) is 149 cm³/mol. The molecule has 1 aliphatic carbocycles. The largest absolute Gasteiger partial charge is 0.483 e. The molecule has 0 spiro atoms. The Morgan fingerprint density at radius 2 is 1.71 bits per heavy atom. The minimum atomic E-state index is -3.90. The van der Waals surface area contributed by atoms with Crippen molar-refractivity contribution in [3.8, 4) is 11.4 Å². The van der Waals surface area contributed by atoms with E-state index < -0.39 is 27.2 Å². The first-order chi connectivity index (χ1) is 19.5. The Morgan fingerprint density at radius 3 is 2.32 bits per heavy atom. The number of nitrogens with zero attached hydrogens (tertiary/aromatic N) is 4. The number of nitrogens with one attached hydrogen (secondary N) is 1. The number of benzene rings is 2. The first-order valence-electron chi connectivity index (χ1n) is 13.1. The maximum Gasteiger partial charge on any atom is 0.316 e. The van der Waals surface area contributed by atoms with Gasteiger partial charge in [-0.1, -0.05) is 11.6 Å². The monoisotopic (exact) mass is 607 g/mol. The van der Waals surface area contributed by atoms with Crippen LogP contribution < -0.4 is 20.5 Å². The molecule has 1 aromatic heterocycles. The summed E-state index contributed by atoms with van der Waals surface area (Å²) >= 11 is 6.20. The van der Waals surface area contributed by atoms with E-state index in [0.29, 0.717) is 17.4 Å². The lowest BCUT2D eigenvalue weighted by atomic mass is 10.2. The van der Waals surface area contributed by atoms with E-state index in [9.17, 15) is 26.8 Å². The minimum Gasteiger partial charge on any atom is -0.483 e. The molecular formula is C27H28ClF2N5O5S. The first-order valence-corrected chi connectivity index (χ1v) is 14.9. The Morgan fingerprint density at radius 1 is 1.05 bits per heavy atom. The molecule has 10 nitrogen and oxygen atoms in total. The summed E-state index contributed by atoms with van der Waals surface area (Å²) in [6.07, 6.45) is 4.67. The van der Waals surface area contributed by atoms with Crippen molar-refractivity contribution in [3.05, 3.63) is 69.6 Å². The van der Waals surface area contributed by atoms with Crippen molar-refractivity contribution in [2.24, 2.45) is 0 Å². The van der Waals surface area contributed by atoms with Gasteiger partial charge in [0.25, 0.3) is 0 Å². The fourth-order valence-corrected chi connectivity index (χ4v) is 6.79. The highest BCUT2D eigenvalue weighted by Gasteiger charge is 2.32. The van der Waals surface area contributed by atoms with Crippen LogP contribution in [0, 0.1) is 11.6 Å². The molecule has 2 fully saturated rings. The van der Waals surface area contributed by atoms with Crippen LogP contribution in [-0.4, -0.2) is 60.7 Å². The molecular weight excluding hydrogens is 580 g/mol. The smallest absolute Gasteiger partial charge is 0.316 e. The molecule has 218 valence electrons. The average molecular weight is 608 g/mol. The molecule has 5 rings (SSSR count). The number of hydrogen-bond donors (Lipinski definition) is 1. The Labute approximate surface area is 240 Å². The molecule has 1 amide bonds. The van der Waals surface area contributed by atoms with Crippen molar-refractivity contribution < 1.29 is 26.7 Å². The molecule has 3 aromatic rings. The van der Waals surface area contributed by atoms with Crippen LogP contribution in [0.3, 0.4) is 0 Å². The molecule has 14 heteroatoms. The number of sulfonamides is 1. The Hall–Kier alpha value is -3.55. The van der Waals surface area contributed by atoms with Crippen molar-refractivity contribution in [1.82, 2.24) is 14.1 Å². The number of aromatic nitrogens is 2. The van der Waals surface area contributed by atoms with E-state index in [2.05, 4.69) is 10.4 Å². The van der Waals surface area contributed by atoms with Crippen LogP contribution in [0.1, 0.15) is 32.6 Å². The van der Waals surface area contributed by atoms with E-state index in [-0.39, 0.29) is 59.5 Å². The molecule has 1 saturated heterocycles. The summed E-state index contributed by atoms with van der Waals surface area (Å²) in [5.74, 6) is -2.02. The molecule has 41 heavy (non-hydrogen) atoms. The highest BCUT2D eigenvalue weighted by Crippen LogP contribution is 2.32. The Kier molecular flexibility index (Phi) is 8.30. The van der Waals surface area contributed by atoms with E-state index in [1.807, 2.05) is 4.90 Å². The van der Waals surface area contributed by atoms with Gasteiger partial charge in [0, 0.05) is 39.2 Å². The number of carbonyl (C=O) groups excluding carboxylic acids is 1. The van der Waals surface area contributed by atoms with Crippen molar-refractivity contribution >= 4 is 38.9 Å². The number of halogens is 3. The van der Waals surface area contributed by atoms with Gasteiger partial charge in [-0.25, -0.2) is 17.2 Å². The summed E-state index contributed by atoms with van der Waals surface area (Å²) in [6.45, 7) is 2.00. The fraction of sp³-hybridized carbons (Fsp3) is 0.370. The lowest BCUT2D eigenvalue weighted by Crippen LogP contribution is -2.49. The summed E-state index contributed by atoms with van der Waals surface area (Å²) in [7, 11) is -3.90. The predicted octanol–water partition coefficient (Wildman–Crippen LogP) is 3.95. The maximum absolute atomic E-state index is 13.9. The summed E-state index contributed by atoms with van der Waals surface area (Å²) < 4.78 is 62.8. The average Bonchev–Trinajstić information content (AvgIpc) is 3.43. The zero-order valence-electron chi connectivity index (χ0n) is 22.1. The van der Waals surface area contributed by atoms with Crippen LogP contribution in [0.4, 0.5) is 20.2 Å². The normalized spacial score (nSPS) is 16.6. The molecule has 1 aliphatic heterocycles. The van der Waals surface area contributed by atoms with Gasteiger partial charge >= 0.3 is 5.56 Å². The van der Waals surface area contributed by atoms with E-state index in [0.717, 1.165) is 42.5 Å². The van der Waals surface area contributed by atoms with Gasteiger partial charge in [-0.3, -0.25) is 9.59 Å². The second kappa shape index (κ2) is 11.7. The Balaban J connectivity index is 1.40. The van der Waals surface area contributed by atoms with Crippen LogP contribution in [0.15, 0.2) is 52.3 Å². The second-order valence-corrected chi connectivity index (χ2v) is 12.3. The third-order valence-corrected chi connectivity index (χ3v) is 9.27. The van der Waals surface area contributed by atoms with Gasteiger partial charge in [0.15, 0.2) is 0 Å². The van der Waals surface area contributed by atoms with Crippen molar-refractivity contribution in [2.45, 2.75) is 43.6 Å². The van der Waals surface area contributed by atoms with E-state index >= 15 is 0 Å². The highest BCUT2D eigenvalue weighted by atomic mass is 35.5. The van der Waals surface area contributed by atoms with Crippen molar-refractivity contribution in [2.75, 3.05) is 36.4 Å². The molecule has 2 aromatic carbocycles. The molecule has 0 atom stereocenters. The van der Waals surface area contributed by atoms with E-state index in [4.69, 9.17) is 16.3 Å². The minimum absolute atomic E-state index is 0.00761. The molecule has 0 bridgehead atoms. The van der Waals surface area contributed by atoms with Gasteiger partial charge in [-0.05, 0) is 56.0 Å². The van der Waals surface area contributed by atoms with Crippen LogP contribution in [0.2, 0.25) is 5.02 Å². The number of carbonyl (C=O) groups is 1. The molecule has 0 radical (unpaired) electrons. The van der Waals surface area contributed by atoms with E-state index in [1.165, 1.54) is 35.6 Å². The van der Waals surface area contributed by atoms with Gasteiger partial charge in [0.1, 0.15) is 17.3 Å². The number of piperazine rings is 1. The fourth-order valence-electron chi connectivity index (χ4n) is 5.05. The van der Waals surface area contributed by atoms with Crippen LogP contribution in [0.25, 0.3) is 5.69 Å². The van der Waals surface area contributed by atoms with Gasteiger partial charge < -0.3 is 15.0 Å². The third-order valence-electron chi connectivity index (χ3n) is 7.06. The quantitative estimate of drug-likeness (QED) is 0.433. The summed E-state index contributed by atoms with van der Waals surface area (Å²) in [4.78, 5) is 26.7. The highest BCUT2D eigenvalue weighted by molar-refractivity contribution is 7.89. The zero-order valence-corrected chi connectivity index (χ0v) is 23.7. The van der Waals surface area contributed by atoms with Crippen LogP contribution in [-0.2, 0) is 14.8 Å². The standard InChI is InChI=1S/C27H28ClF2N5O5S/c1-17(36)32-24-7-6-22(15-23(24)28)41(38,39)34-10-8-33(9-11-34)25-16-31-35(20-13-18(29)12-19(30)14-20)27(37)26(25)40-21-4-2-3-5-21/h6-7,12-16,21H,2-5,8-11H2,1H3,(H,32,36). The number of anilines is 2. The number of amides is 1. The van der Waals surface area contributed by atoms with Gasteiger partial charge in [0.2, 0.25) is 21.7 Å². The number of ether oxygens (including phenoxy) is 1. The summed E-state index contributed by atoms with van der Waals surface area (Å²) in [5.41, 5.74) is -0.0477. The SMILES string of the molecule is CC(=O)Nc1ccc(S(=O)(=O)N2CCN(c3cnn(-c4cc(F)cc(F)c4)c(=O)c3OC3CCCC3)CC2)cc1Cl. The van der Waals surface area contributed by atoms with Crippen LogP contribution >= 0.6 is 11.6 Å². The lowest BCUT2D eigenvalue weighted by molar-refractivity contribution is -0.114. The van der Waals surface area contributed by atoms with Crippen LogP contribution in [0.5, 0.6) is 5.75 Å². The van der Waals surface area contributed by atoms with Crippen molar-refractivity contribution in [3.63, 3.8) is 0 Å². The zero-order chi connectivity index (χ0) is 29.3. The molecule has 2 heterocycles. The summed E-state index contributed by atoms with van der Waals surface area (Å²) in [5, 5.41) is 6.81.